The fraction of sp³-hybridized carbons (Fsp3) is 0.188. The first-order valence-corrected chi connectivity index (χ1v) is 6.78. The SMILES string of the molecule is CC1=NN(c2ccccc2)[C@H](c2ccc([N+](=O)[O-])cc2)C1. The number of nitro benzene ring substituents is 1. The fourth-order valence-corrected chi connectivity index (χ4v) is 2.56. The molecule has 5 heteroatoms. The Kier molecular flexibility index (Phi) is 3.39. The molecule has 3 rings (SSSR count). The predicted octanol–water partition coefficient (Wildman–Crippen LogP) is 3.92. The van der Waals surface area contributed by atoms with E-state index in [-0.39, 0.29) is 16.7 Å². The molecule has 0 amide bonds. The molecule has 0 bridgehead atoms. The molecule has 5 nitrogen and oxygen atoms in total. The normalized spacial score (nSPS) is 17.7. The zero-order valence-electron chi connectivity index (χ0n) is 11.6. The smallest absolute Gasteiger partial charge is 0.258 e. The first kappa shape index (κ1) is 13.3. The Morgan fingerprint density at radius 2 is 1.81 bits per heavy atom. The molecular formula is C16H15N3O2. The minimum atomic E-state index is -0.380. The molecule has 0 aromatic heterocycles. The topological polar surface area (TPSA) is 58.7 Å². The number of nitro groups is 1. The Morgan fingerprint density at radius 1 is 1.14 bits per heavy atom. The molecule has 0 N–H and O–H groups in total. The van der Waals surface area contributed by atoms with Gasteiger partial charge in [-0.1, -0.05) is 30.3 Å². The molecule has 0 spiro atoms. The van der Waals surface area contributed by atoms with Crippen LogP contribution >= 0.6 is 0 Å². The van der Waals surface area contributed by atoms with Crippen LogP contribution in [-0.2, 0) is 0 Å². The molecule has 0 radical (unpaired) electrons. The zero-order valence-corrected chi connectivity index (χ0v) is 11.6. The van der Waals surface area contributed by atoms with Crippen molar-refractivity contribution in [2.24, 2.45) is 5.10 Å². The van der Waals surface area contributed by atoms with Crippen molar-refractivity contribution in [2.75, 3.05) is 5.01 Å². The van der Waals surface area contributed by atoms with E-state index in [1.807, 2.05) is 54.4 Å². The maximum absolute atomic E-state index is 10.7. The van der Waals surface area contributed by atoms with Crippen molar-refractivity contribution in [2.45, 2.75) is 19.4 Å². The van der Waals surface area contributed by atoms with Crippen LogP contribution in [0.2, 0.25) is 0 Å². The highest BCUT2D eigenvalue weighted by molar-refractivity contribution is 5.86. The molecule has 0 aliphatic carbocycles. The van der Waals surface area contributed by atoms with E-state index in [0.717, 1.165) is 23.4 Å². The summed E-state index contributed by atoms with van der Waals surface area (Å²) in [6.07, 6.45) is 0.826. The Bertz CT molecular complexity index is 680. The molecule has 1 aliphatic heterocycles. The zero-order chi connectivity index (χ0) is 14.8. The Balaban J connectivity index is 1.92. The van der Waals surface area contributed by atoms with E-state index in [1.54, 1.807) is 12.1 Å². The molecule has 2 aromatic rings. The average molecular weight is 281 g/mol. The minimum absolute atomic E-state index is 0.0909. The monoisotopic (exact) mass is 281 g/mol. The Hall–Kier alpha value is -2.69. The number of para-hydroxylation sites is 1. The lowest BCUT2D eigenvalue weighted by Crippen LogP contribution is -2.18. The fourth-order valence-electron chi connectivity index (χ4n) is 2.56. The summed E-state index contributed by atoms with van der Waals surface area (Å²) < 4.78 is 0. The summed E-state index contributed by atoms with van der Waals surface area (Å²) in [5, 5.41) is 17.3. The van der Waals surface area contributed by atoms with E-state index in [4.69, 9.17) is 0 Å². The molecule has 1 heterocycles. The highest BCUT2D eigenvalue weighted by Gasteiger charge is 2.27. The van der Waals surface area contributed by atoms with Gasteiger partial charge in [0, 0.05) is 24.3 Å². The first-order chi connectivity index (χ1) is 10.1. The van der Waals surface area contributed by atoms with Crippen LogP contribution in [-0.4, -0.2) is 10.6 Å². The number of non-ortho nitro benzene ring substituents is 1. The summed E-state index contributed by atoms with van der Waals surface area (Å²) in [5.74, 6) is 0. The first-order valence-electron chi connectivity index (χ1n) is 6.78. The van der Waals surface area contributed by atoms with E-state index in [9.17, 15) is 10.1 Å². The van der Waals surface area contributed by atoms with Crippen molar-refractivity contribution in [3.8, 4) is 0 Å². The molecule has 0 saturated heterocycles. The van der Waals surface area contributed by atoms with Crippen molar-refractivity contribution >= 4 is 17.1 Å². The van der Waals surface area contributed by atoms with Crippen molar-refractivity contribution in [1.82, 2.24) is 0 Å². The average Bonchev–Trinajstić information content (AvgIpc) is 2.90. The van der Waals surface area contributed by atoms with E-state index in [2.05, 4.69) is 5.10 Å². The van der Waals surface area contributed by atoms with Gasteiger partial charge in [-0.2, -0.15) is 5.10 Å². The summed E-state index contributed by atoms with van der Waals surface area (Å²) in [4.78, 5) is 10.4. The number of anilines is 1. The van der Waals surface area contributed by atoms with Gasteiger partial charge in [0.1, 0.15) is 0 Å². The van der Waals surface area contributed by atoms with Gasteiger partial charge < -0.3 is 0 Å². The molecule has 21 heavy (non-hydrogen) atoms. The number of hydrogen-bond acceptors (Lipinski definition) is 4. The van der Waals surface area contributed by atoms with Gasteiger partial charge in [-0.05, 0) is 24.6 Å². The second-order valence-electron chi connectivity index (χ2n) is 5.08. The van der Waals surface area contributed by atoms with Gasteiger partial charge in [-0.15, -0.1) is 0 Å². The van der Waals surface area contributed by atoms with Crippen LogP contribution in [0.3, 0.4) is 0 Å². The van der Waals surface area contributed by atoms with Crippen molar-refractivity contribution in [1.29, 1.82) is 0 Å². The summed E-state index contributed by atoms with van der Waals surface area (Å²) in [6.45, 7) is 2.00. The second-order valence-corrected chi connectivity index (χ2v) is 5.08. The van der Waals surface area contributed by atoms with Gasteiger partial charge in [0.05, 0.1) is 16.7 Å². The molecule has 1 atom stereocenters. The molecular weight excluding hydrogens is 266 g/mol. The molecule has 106 valence electrons. The van der Waals surface area contributed by atoms with E-state index in [1.165, 1.54) is 0 Å². The van der Waals surface area contributed by atoms with Gasteiger partial charge >= 0.3 is 0 Å². The molecule has 0 fully saturated rings. The van der Waals surface area contributed by atoms with Crippen LogP contribution in [0.15, 0.2) is 59.7 Å². The molecule has 1 aliphatic rings. The van der Waals surface area contributed by atoms with E-state index in [0.29, 0.717) is 0 Å². The van der Waals surface area contributed by atoms with Gasteiger partial charge in [0.15, 0.2) is 0 Å². The van der Waals surface area contributed by atoms with Gasteiger partial charge in [-0.25, -0.2) is 0 Å². The number of nitrogens with zero attached hydrogens (tertiary/aromatic N) is 3. The summed E-state index contributed by atoms with van der Waals surface area (Å²) >= 11 is 0. The summed E-state index contributed by atoms with van der Waals surface area (Å²) in [5.41, 5.74) is 3.23. The third-order valence-electron chi connectivity index (χ3n) is 3.57. The lowest BCUT2D eigenvalue weighted by Gasteiger charge is -2.23. The van der Waals surface area contributed by atoms with Gasteiger partial charge in [-0.3, -0.25) is 15.1 Å². The number of hydrogen-bond donors (Lipinski definition) is 0. The largest absolute Gasteiger partial charge is 0.269 e. The van der Waals surface area contributed by atoms with Crippen LogP contribution in [0.1, 0.15) is 24.9 Å². The number of hydrazone groups is 1. The lowest BCUT2D eigenvalue weighted by molar-refractivity contribution is -0.384. The second kappa shape index (κ2) is 5.36. The number of benzene rings is 2. The van der Waals surface area contributed by atoms with Crippen molar-refractivity contribution in [3.63, 3.8) is 0 Å². The maximum atomic E-state index is 10.7. The number of rotatable bonds is 3. The highest BCUT2D eigenvalue weighted by atomic mass is 16.6. The van der Waals surface area contributed by atoms with E-state index >= 15 is 0 Å². The van der Waals surface area contributed by atoms with Crippen LogP contribution in [0.25, 0.3) is 0 Å². The molecule has 0 unspecified atom stereocenters. The Labute approximate surface area is 122 Å². The van der Waals surface area contributed by atoms with E-state index < -0.39 is 0 Å². The lowest BCUT2D eigenvalue weighted by atomic mass is 10.0. The summed E-state index contributed by atoms with van der Waals surface area (Å²) in [6, 6.07) is 16.8. The molecule has 0 saturated carbocycles. The summed E-state index contributed by atoms with van der Waals surface area (Å²) in [7, 11) is 0. The van der Waals surface area contributed by atoms with Crippen molar-refractivity contribution < 1.29 is 4.92 Å². The van der Waals surface area contributed by atoms with Crippen LogP contribution in [0.4, 0.5) is 11.4 Å². The van der Waals surface area contributed by atoms with Crippen LogP contribution in [0.5, 0.6) is 0 Å². The van der Waals surface area contributed by atoms with Crippen LogP contribution < -0.4 is 5.01 Å². The quantitative estimate of drug-likeness (QED) is 0.632. The van der Waals surface area contributed by atoms with Crippen molar-refractivity contribution in [3.05, 3.63) is 70.3 Å². The third kappa shape index (κ3) is 2.63. The van der Waals surface area contributed by atoms with Crippen LogP contribution in [0, 0.1) is 10.1 Å². The highest BCUT2D eigenvalue weighted by Crippen LogP contribution is 2.35. The maximum Gasteiger partial charge on any atom is 0.269 e. The molecule has 2 aromatic carbocycles. The standard InChI is InChI=1S/C16H15N3O2/c1-12-11-16(13-7-9-15(10-8-13)19(20)21)18(17-12)14-5-3-2-4-6-14/h2-10,16H,11H2,1H3/t16-/m0/s1. The van der Waals surface area contributed by atoms with Gasteiger partial charge in [0.2, 0.25) is 0 Å². The minimum Gasteiger partial charge on any atom is -0.258 e. The third-order valence-corrected chi connectivity index (χ3v) is 3.57. The van der Waals surface area contributed by atoms with Gasteiger partial charge in [0.25, 0.3) is 5.69 Å². The predicted molar refractivity (Wildman–Crippen MR) is 82.5 cm³/mol. The Morgan fingerprint density at radius 3 is 2.43 bits per heavy atom.